The molecule has 0 aliphatic rings. The highest BCUT2D eigenvalue weighted by molar-refractivity contribution is 6.29. The molecule has 2 heterocycles. The lowest BCUT2D eigenvalue weighted by atomic mass is 10.4. The first-order valence-electron chi connectivity index (χ1n) is 4.84. The number of fused-ring (bicyclic) bond motifs is 1. The van der Waals surface area contributed by atoms with Crippen molar-refractivity contribution in [3.63, 3.8) is 0 Å². The smallest absolute Gasteiger partial charge is 0.180 e. The standard InChI is InChI=1S/C10H13ClN4/c1-6(2)12-9-10-13-7(3)4-15(10)5-8(11)14-9/h4-6H,1-3H3,(H,12,14). The van der Waals surface area contributed by atoms with E-state index in [1.54, 1.807) is 6.20 Å². The zero-order valence-corrected chi connectivity index (χ0v) is 9.71. The molecule has 5 heteroatoms. The number of hydrogen-bond acceptors (Lipinski definition) is 3. The van der Waals surface area contributed by atoms with Gasteiger partial charge in [0, 0.05) is 18.4 Å². The Bertz CT molecular complexity index is 489. The number of imidazole rings is 1. The summed E-state index contributed by atoms with van der Waals surface area (Å²) in [6.07, 6.45) is 3.68. The molecule has 0 saturated carbocycles. The molecule has 0 saturated heterocycles. The largest absolute Gasteiger partial charge is 0.365 e. The molecule has 2 aromatic rings. The van der Waals surface area contributed by atoms with Crippen molar-refractivity contribution in [1.82, 2.24) is 14.4 Å². The Morgan fingerprint density at radius 3 is 2.73 bits per heavy atom. The summed E-state index contributed by atoms with van der Waals surface area (Å²) in [4.78, 5) is 8.61. The van der Waals surface area contributed by atoms with Crippen LogP contribution in [0.15, 0.2) is 12.4 Å². The van der Waals surface area contributed by atoms with Crippen molar-refractivity contribution >= 4 is 23.1 Å². The number of hydrogen-bond donors (Lipinski definition) is 1. The summed E-state index contributed by atoms with van der Waals surface area (Å²) < 4.78 is 1.88. The van der Waals surface area contributed by atoms with Crippen molar-refractivity contribution in [3.8, 4) is 0 Å². The lowest BCUT2D eigenvalue weighted by Gasteiger charge is -2.09. The number of aromatic nitrogens is 3. The second kappa shape index (κ2) is 3.70. The van der Waals surface area contributed by atoms with E-state index in [-0.39, 0.29) is 0 Å². The summed E-state index contributed by atoms with van der Waals surface area (Å²) in [5.74, 6) is 0.727. The first kappa shape index (κ1) is 10.2. The molecule has 0 atom stereocenters. The third-order valence-electron chi connectivity index (χ3n) is 1.95. The summed E-state index contributed by atoms with van der Waals surface area (Å²) in [5.41, 5.74) is 1.76. The van der Waals surface area contributed by atoms with Gasteiger partial charge in [0.2, 0.25) is 0 Å². The predicted octanol–water partition coefficient (Wildman–Crippen LogP) is 2.51. The van der Waals surface area contributed by atoms with Crippen molar-refractivity contribution in [2.75, 3.05) is 5.32 Å². The summed E-state index contributed by atoms with van der Waals surface area (Å²) in [6, 6.07) is 0.303. The van der Waals surface area contributed by atoms with Gasteiger partial charge in [-0.2, -0.15) is 0 Å². The Morgan fingerprint density at radius 1 is 1.33 bits per heavy atom. The van der Waals surface area contributed by atoms with E-state index < -0.39 is 0 Å². The van der Waals surface area contributed by atoms with Crippen LogP contribution >= 0.6 is 11.6 Å². The Balaban J connectivity index is 2.59. The third kappa shape index (κ3) is 2.04. The Kier molecular flexibility index (Phi) is 2.52. The number of rotatable bonds is 2. The van der Waals surface area contributed by atoms with Crippen LogP contribution in [0.2, 0.25) is 5.15 Å². The van der Waals surface area contributed by atoms with Gasteiger partial charge in [0.1, 0.15) is 5.15 Å². The molecule has 4 nitrogen and oxygen atoms in total. The topological polar surface area (TPSA) is 42.2 Å². The fourth-order valence-electron chi connectivity index (χ4n) is 1.46. The van der Waals surface area contributed by atoms with Gasteiger partial charge in [0.05, 0.1) is 5.69 Å². The van der Waals surface area contributed by atoms with Crippen LogP contribution < -0.4 is 5.32 Å². The van der Waals surface area contributed by atoms with E-state index in [1.807, 2.05) is 17.5 Å². The molecule has 15 heavy (non-hydrogen) atoms. The molecular formula is C10H13ClN4. The van der Waals surface area contributed by atoms with Gasteiger partial charge in [-0.25, -0.2) is 9.97 Å². The van der Waals surface area contributed by atoms with Gasteiger partial charge in [0.25, 0.3) is 0 Å². The summed E-state index contributed by atoms with van der Waals surface area (Å²) in [5, 5.41) is 3.68. The van der Waals surface area contributed by atoms with Crippen LogP contribution in [-0.2, 0) is 0 Å². The van der Waals surface area contributed by atoms with Gasteiger partial charge in [-0.15, -0.1) is 0 Å². The summed E-state index contributed by atoms with van der Waals surface area (Å²) in [6.45, 7) is 6.05. The van der Waals surface area contributed by atoms with Crippen molar-refractivity contribution < 1.29 is 0 Å². The molecule has 0 radical (unpaired) electrons. The number of nitrogens with zero attached hydrogens (tertiary/aromatic N) is 3. The van der Waals surface area contributed by atoms with Gasteiger partial charge >= 0.3 is 0 Å². The monoisotopic (exact) mass is 224 g/mol. The molecule has 80 valence electrons. The highest BCUT2D eigenvalue weighted by Crippen LogP contribution is 2.18. The number of nitrogens with one attached hydrogen (secondary N) is 1. The maximum atomic E-state index is 5.92. The first-order valence-corrected chi connectivity index (χ1v) is 5.22. The van der Waals surface area contributed by atoms with Crippen molar-refractivity contribution in [1.29, 1.82) is 0 Å². The zero-order chi connectivity index (χ0) is 11.0. The fraction of sp³-hybridized carbons (Fsp3) is 0.400. The zero-order valence-electron chi connectivity index (χ0n) is 8.95. The van der Waals surface area contributed by atoms with Crippen LogP contribution in [-0.4, -0.2) is 20.4 Å². The van der Waals surface area contributed by atoms with Crippen LogP contribution in [0.3, 0.4) is 0 Å². The molecule has 2 rings (SSSR count). The number of halogens is 1. The van der Waals surface area contributed by atoms with E-state index in [9.17, 15) is 0 Å². The molecule has 1 N–H and O–H groups in total. The number of anilines is 1. The van der Waals surface area contributed by atoms with Gasteiger partial charge in [-0.3, -0.25) is 0 Å². The van der Waals surface area contributed by atoms with E-state index in [0.29, 0.717) is 11.2 Å². The SMILES string of the molecule is Cc1cn2cc(Cl)nc(NC(C)C)c2n1. The molecule has 0 spiro atoms. The summed E-state index contributed by atoms with van der Waals surface area (Å²) >= 11 is 5.92. The van der Waals surface area contributed by atoms with Gasteiger partial charge in [-0.05, 0) is 20.8 Å². The highest BCUT2D eigenvalue weighted by Gasteiger charge is 2.08. The Morgan fingerprint density at radius 2 is 2.07 bits per heavy atom. The van der Waals surface area contributed by atoms with Gasteiger partial charge < -0.3 is 9.72 Å². The number of aryl methyl sites for hydroxylation is 1. The van der Waals surface area contributed by atoms with Crippen LogP contribution in [0, 0.1) is 6.92 Å². The van der Waals surface area contributed by atoms with Crippen molar-refractivity contribution in [2.24, 2.45) is 0 Å². The Hall–Kier alpha value is -1.29. The second-order valence-corrected chi connectivity index (χ2v) is 4.21. The Labute approximate surface area is 93.3 Å². The molecule has 0 aromatic carbocycles. The summed E-state index contributed by atoms with van der Waals surface area (Å²) in [7, 11) is 0. The normalized spacial score (nSPS) is 11.3. The van der Waals surface area contributed by atoms with Gasteiger partial charge in [-0.1, -0.05) is 11.6 Å². The minimum atomic E-state index is 0.303. The van der Waals surface area contributed by atoms with E-state index >= 15 is 0 Å². The molecule has 0 amide bonds. The van der Waals surface area contributed by atoms with Crippen LogP contribution in [0.5, 0.6) is 0 Å². The molecule has 2 aromatic heterocycles. The third-order valence-corrected chi connectivity index (χ3v) is 2.14. The lowest BCUT2D eigenvalue weighted by molar-refractivity contribution is 0.886. The van der Waals surface area contributed by atoms with Crippen LogP contribution in [0.25, 0.3) is 5.65 Å². The molecule has 0 unspecified atom stereocenters. The molecule has 0 aliphatic heterocycles. The molecular weight excluding hydrogens is 212 g/mol. The maximum absolute atomic E-state index is 5.92. The highest BCUT2D eigenvalue weighted by atomic mass is 35.5. The fourth-order valence-corrected chi connectivity index (χ4v) is 1.65. The van der Waals surface area contributed by atoms with E-state index in [4.69, 9.17) is 11.6 Å². The average molecular weight is 225 g/mol. The second-order valence-electron chi connectivity index (χ2n) is 3.82. The minimum Gasteiger partial charge on any atom is -0.365 e. The van der Waals surface area contributed by atoms with E-state index in [0.717, 1.165) is 17.2 Å². The first-order chi connectivity index (χ1) is 7.06. The maximum Gasteiger partial charge on any atom is 0.180 e. The van der Waals surface area contributed by atoms with Gasteiger partial charge in [0.15, 0.2) is 11.5 Å². The minimum absolute atomic E-state index is 0.303. The predicted molar refractivity (Wildman–Crippen MR) is 61.5 cm³/mol. The molecule has 0 bridgehead atoms. The van der Waals surface area contributed by atoms with Crippen molar-refractivity contribution in [2.45, 2.75) is 26.8 Å². The average Bonchev–Trinajstić information content (AvgIpc) is 2.44. The van der Waals surface area contributed by atoms with Crippen LogP contribution in [0.4, 0.5) is 5.82 Å². The lowest BCUT2D eigenvalue weighted by Crippen LogP contribution is -2.12. The molecule has 0 fully saturated rings. The van der Waals surface area contributed by atoms with Crippen LogP contribution in [0.1, 0.15) is 19.5 Å². The molecule has 0 aliphatic carbocycles. The van der Waals surface area contributed by atoms with E-state index in [2.05, 4.69) is 29.1 Å². The van der Waals surface area contributed by atoms with E-state index in [1.165, 1.54) is 0 Å². The quantitative estimate of drug-likeness (QED) is 0.853. The van der Waals surface area contributed by atoms with Crippen molar-refractivity contribution in [3.05, 3.63) is 23.2 Å².